The minimum absolute atomic E-state index is 0.154. The Morgan fingerprint density at radius 3 is 2.81 bits per heavy atom. The summed E-state index contributed by atoms with van der Waals surface area (Å²) in [7, 11) is 0. The highest BCUT2D eigenvalue weighted by molar-refractivity contribution is 5.92. The molecule has 0 aromatic heterocycles. The van der Waals surface area contributed by atoms with E-state index in [9.17, 15) is 15.0 Å². The van der Waals surface area contributed by atoms with Gasteiger partial charge in [-0.1, -0.05) is 6.92 Å². The zero-order valence-electron chi connectivity index (χ0n) is 12.8. The summed E-state index contributed by atoms with van der Waals surface area (Å²) in [5, 5.41) is 21.4. The van der Waals surface area contributed by atoms with Crippen molar-refractivity contribution in [1.29, 1.82) is 0 Å². The van der Waals surface area contributed by atoms with E-state index in [0.29, 0.717) is 30.6 Å². The molecule has 21 heavy (non-hydrogen) atoms. The first-order valence-electron chi connectivity index (χ1n) is 8.57. The maximum atomic E-state index is 11.7. The highest BCUT2D eigenvalue weighted by Crippen LogP contribution is 2.62. The SMILES string of the molecule is C[C@]12CC[C@@H]3[C@H](CCC4=CC(=O)CC[C@@]43O)[C@@H]1C[C@H](O)C2. The Morgan fingerprint density at radius 1 is 1.19 bits per heavy atom. The van der Waals surface area contributed by atoms with E-state index in [4.69, 9.17) is 0 Å². The molecular formula is C18H26O3. The number of carbonyl (C=O) groups excluding carboxylic acids is 1. The summed E-state index contributed by atoms with van der Waals surface area (Å²) in [6.45, 7) is 2.34. The molecule has 0 aromatic carbocycles. The Bertz CT molecular complexity index is 511. The lowest BCUT2D eigenvalue weighted by Gasteiger charge is -2.56. The molecule has 2 N–H and O–H groups in total. The fraction of sp³-hybridized carbons (Fsp3) is 0.833. The van der Waals surface area contributed by atoms with E-state index in [1.54, 1.807) is 6.08 Å². The monoisotopic (exact) mass is 290 g/mol. The number of rotatable bonds is 0. The van der Waals surface area contributed by atoms with Gasteiger partial charge in [0.1, 0.15) is 0 Å². The number of aliphatic hydroxyl groups is 2. The quantitative estimate of drug-likeness (QED) is 0.721. The van der Waals surface area contributed by atoms with Gasteiger partial charge in [-0.15, -0.1) is 0 Å². The van der Waals surface area contributed by atoms with Crippen LogP contribution >= 0.6 is 0 Å². The Labute approximate surface area is 126 Å². The lowest BCUT2D eigenvalue weighted by atomic mass is 9.51. The number of fused-ring (bicyclic) bond motifs is 5. The van der Waals surface area contributed by atoms with Crippen LogP contribution in [0.1, 0.15) is 58.3 Å². The molecule has 3 fully saturated rings. The summed E-state index contributed by atoms with van der Waals surface area (Å²) in [6, 6.07) is 0. The highest BCUT2D eigenvalue weighted by Gasteiger charge is 2.58. The van der Waals surface area contributed by atoms with Crippen molar-refractivity contribution in [3.05, 3.63) is 11.6 Å². The van der Waals surface area contributed by atoms with E-state index < -0.39 is 5.60 Å². The van der Waals surface area contributed by atoms with Crippen molar-refractivity contribution in [2.24, 2.45) is 23.2 Å². The maximum Gasteiger partial charge on any atom is 0.155 e. The zero-order chi connectivity index (χ0) is 14.8. The molecule has 3 heteroatoms. The van der Waals surface area contributed by atoms with Crippen LogP contribution in [0.3, 0.4) is 0 Å². The number of hydrogen-bond acceptors (Lipinski definition) is 3. The van der Waals surface area contributed by atoms with Crippen LogP contribution in [0.5, 0.6) is 0 Å². The second kappa shape index (κ2) is 4.42. The highest BCUT2D eigenvalue weighted by atomic mass is 16.3. The second-order valence-electron chi connectivity index (χ2n) is 8.26. The van der Waals surface area contributed by atoms with E-state index in [1.165, 1.54) is 0 Å². The smallest absolute Gasteiger partial charge is 0.155 e. The molecule has 4 aliphatic carbocycles. The van der Waals surface area contributed by atoms with Gasteiger partial charge < -0.3 is 10.2 Å². The van der Waals surface area contributed by atoms with E-state index in [1.807, 2.05) is 0 Å². The molecule has 3 saturated carbocycles. The van der Waals surface area contributed by atoms with E-state index >= 15 is 0 Å². The van der Waals surface area contributed by atoms with Gasteiger partial charge in [0.05, 0.1) is 11.7 Å². The fourth-order valence-corrected chi connectivity index (χ4v) is 6.20. The minimum Gasteiger partial charge on any atom is -0.393 e. The third kappa shape index (κ3) is 1.90. The van der Waals surface area contributed by atoms with Crippen LogP contribution in [-0.4, -0.2) is 27.7 Å². The van der Waals surface area contributed by atoms with Gasteiger partial charge in [0.25, 0.3) is 0 Å². The van der Waals surface area contributed by atoms with Crippen LogP contribution in [0, 0.1) is 23.2 Å². The van der Waals surface area contributed by atoms with E-state index in [0.717, 1.165) is 44.1 Å². The molecule has 0 aliphatic heterocycles. The van der Waals surface area contributed by atoms with Crippen LogP contribution in [0.4, 0.5) is 0 Å². The third-order valence-electron chi connectivity index (χ3n) is 7.19. The summed E-state index contributed by atoms with van der Waals surface area (Å²) >= 11 is 0. The van der Waals surface area contributed by atoms with Crippen molar-refractivity contribution in [2.75, 3.05) is 0 Å². The number of hydrogen-bond donors (Lipinski definition) is 2. The summed E-state index contributed by atoms with van der Waals surface area (Å²) in [5.41, 5.74) is 0.538. The Morgan fingerprint density at radius 2 is 2.00 bits per heavy atom. The molecule has 0 spiro atoms. The lowest BCUT2D eigenvalue weighted by molar-refractivity contribution is -0.124. The Balaban J connectivity index is 1.68. The van der Waals surface area contributed by atoms with Gasteiger partial charge in [-0.05, 0) is 79.8 Å². The van der Waals surface area contributed by atoms with Gasteiger partial charge >= 0.3 is 0 Å². The topological polar surface area (TPSA) is 57.5 Å². The molecule has 0 unspecified atom stereocenters. The molecule has 4 rings (SSSR count). The van der Waals surface area contributed by atoms with Crippen molar-refractivity contribution in [3.8, 4) is 0 Å². The van der Waals surface area contributed by atoms with Gasteiger partial charge in [-0.3, -0.25) is 4.79 Å². The molecule has 6 atom stereocenters. The predicted molar refractivity (Wildman–Crippen MR) is 79.6 cm³/mol. The number of aliphatic hydroxyl groups excluding tert-OH is 1. The predicted octanol–water partition coefficient (Wildman–Crippen LogP) is 2.60. The van der Waals surface area contributed by atoms with Crippen molar-refractivity contribution in [3.63, 3.8) is 0 Å². The standard InChI is InChI=1S/C18H26O3/c1-17-6-5-15-14(16(17)9-13(20)10-17)3-2-11-8-12(19)4-7-18(11,15)21/h8,13-16,20-21H,2-7,9-10H2,1H3/t13-,14-,15+,16-,17+,18+/m0/s1. The number of ketones is 1. The Kier molecular flexibility index (Phi) is 2.94. The van der Waals surface area contributed by atoms with Gasteiger partial charge in [-0.25, -0.2) is 0 Å². The average molecular weight is 290 g/mol. The summed E-state index contributed by atoms with van der Waals surface area (Å²) in [6.07, 6.45) is 8.64. The summed E-state index contributed by atoms with van der Waals surface area (Å²) < 4.78 is 0. The van der Waals surface area contributed by atoms with Crippen molar-refractivity contribution >= 4 is 5.78 Å². The van der Waals surface area contributed by atoms with Crippen LogP contribution in [-0.2, 0) is 4.79 Å². The van der Waals surface area contributed by atoms with Gasteiger partial charge in [0, 0.05) is 6.42 Å². The van der Waals surface area contributed by atoms with E-state index in [-0.39, 0.29) is 17.3 Å². The summed E-state index contributed by atoms with van der Waals surface area (Å²) in [5.74, 6) is 1.56. The molecule has 4 aliphatic rings. The summed E-state index contributed by atoms with van der Waals surface area (Å²) in [4.78, 5) is 11.7. The molecule has 3 nitrogen and oxygen atoms in total. The zero-order valence-corrected chi connectivity index (χ0v) is 12.8. The fourth-order valence-electron chi connectivity index (χ4n) is 6.20. The normalized spacial score (nSPS) is 52.7. The lowest BCUT2D eigenvalue weighted by Crippen LogP contribution is -2.54. The molecule has 116 valence electrons. The maximum absolute atomic E-state index is 11.7. The molecule has 0 aromatic rings. The van der Waals surface area contributed by atoms with Gasteiger partial charge in [0.2, 0.25) is 0 Å². The third-order valence-corrected chi connectivity index (χ3v) is 7.19. The van der Waals surface area contributed by atoms with Crippen LogP contribution in [0.15, 0.2) is 11.6 Å². The minimum atomic E-state index is -0.730. The van der Waals surface area contributed by atoms with Gasteiger partial charge in [0.15, 0.2) is 5.78 Å². The van der Waals surface area contributed by atoms with Crippen molar-refractivity contribution in [2.45, 2.75) is 70.0 Å². The molecule has 0 amide bonds. The molecule has 0 heterocycles. The first kappa shape index (κ1) is 14.0. The molecule has 0 bridgehead atoms. The molecular weight excluding hydrogens is 264 g/mol. The second-order valence-corrected chi connectivity index (χ2v) is 8.26. The molecule has 0 radical (unpaired) electrons. The Hall–Kier alpha value is -0.670. The molecule has 0 saturated heterocycles. The van der Waals surface area contributed by atoms with E-state index in [2.05, 4.69) is 6.92 Å². The first-order chi connectivity index (χ1) is 9.92. The van der Waals surface area contributed by atoms with Crippen LogP contribution in [0.2, 0.25) is 0 Å². The van der Waals surface area contributed by atoms with Crippen molar-refractivity contribution in [1.82, 2.24) is 0 Å². The van der Waals surface area contributed by atoms with Crippen LogP contribution in [0.25, 0.3) is 0 Å². The largest absolute Gasteiger partial charge is 0.393 e. The van der Waals surface area contributed by atoms with Gasteiger partial charge in [-0.2, -0.15) is 0 Å². The number of carbonyl (C=O) groups is 1. The van der Waals surface area contributed by atoms with Crippen LogP contribution < -0.4 is 0 Å². The van der Waals surface area contributed by atoms with Crippen molar-refractivity contribution < 1.29 is 15.0 Å². The first-order valence-corrected chi connectivity index (χ1v) is 8.57. The average Bonchev–Trinajstić information content (AvgIpc) is 2.74.